The lowest BCUT2D eigenvalue weighted by Crippen LogP contribution is -1.89. The highest BCUT2D eigenvalue weighted by molar-refractivity contribution is 5.85. The zero-order valence-electron chi connectivity index (χ0n) is 13.9. The highest BCUT2D eigenvalue weighted by Crippen LogP contribution is 2.18. The predicted molar refractivity (Wildman–Crippen MR) is 96.9 cm³/mol. The Morgan fingerprint density at radius 3 is 2.00 bits per heavy atom. The van der Waals surface area contributed by atoms with Gasteiger partial charge >= 0.3 is 0 Å². The molecule has 0 saturated heterocycles. The van der Waals surface area contributed by atoms with E-state index < -0.39 is 0 Å². The minimum atomic E-state index is 0.290. The molecule has 3 rings (SSSR count). The third kappa shape index (κ3) is 4.08. The predicted octanol–water partition coefficient (Wildman–Crippen LogP) is 3.32. The summed E-state index contributed by atoms with van der Waals surface area (Å²) in [5.74, 6) is 2.12. The van der Waals surface area contributed by atoms with E-state index in [9.17, 15) is 0 Å². The fourth-order valence-corrected chi connectivity index (χ4v) is 2.16. The van der Waals surface area contributed by atoms with Crippen LogP contribution in [-0.2, 0) is 0 Å². The van der Waals surface area contributed by atoms with Crippen molar-refractivity contribution < 1.29 is 9.47 Å². The van der Waals surface area contributed by atoms with Gasteiger partial charge in [-0.1, -0.05) is 24.3 Å². The smallest absolute Gasteiger partial charge is 0.269 e. The normalized spacial score (nSPS) is 11.3. The van der Waals surface area contributed by atoms with Gasteiger partial charge in [-0.15, -0.1) is 5.10 Å². The molecule has 7 nitrogen and oxygen atoms in total. The second-order valence-electron chi connectivity index (χ2n) is 4.96. The van der Waals surface area contributed by atoms with Gasteiger partial charge < -0.3 is 9.47 Å². The zero-order valence-corrected chi connectivity index (χ0v) is 13.9. The minimum absolute atomic E-state index is 0.290. The number of nitrogens with zero attached hydrogens (tertiary/aromatic N) is 4. The van der Waals surface area contributed by atoms with E-state index in [1.54, 1.807) is 26.6 Å². The number of hydrogen-bond acceptors (Lipinski definition) is 6. The van der Waals surface area contributed by atoms with Gasteiger partial charge in [0.25, 0.3) is 5.95 Å². The summed E-state index contributed by atoms with van der Waals surface area (Å²) in [6.07, 6.45) is 3.31. The quantitative estimate of drug-likeness (QED) is 0.700. The van der Waals surface area contributed by atoms with Gasteiger partial charge in [-0.2, -0.15) is 4.98 Å². The molecular weight excluding hydrogens is 318 g/mol. The van der Waals surface area contributed by atoms with Crippen LogP contribution in [0.1, 0.15) is 11.1 Å². The molecule has 3 aromatic rings. The summed E-state index contributed by atoms with van der Waals surface area (Å²) in [5, 5.41) is 6.76. The number of nitrogens with one attached hydrogen (secondary N) is 1. The maximum atomic E-state index is 5.28. The van der Waals surface area contributed by atoms with Crippen LogP contribution in [0.2, 0.25) is 0 Å². The van der Waals surface area contributed by atoms with Crippen molar-refractivity contribution in [3.05, 3.63) is 59.7 Å². The first-order valence-electron chi connectivity index (χ1n) is 7.56. The number of aromatic nitrogens is 3. The number of aliphatic imine (C=N–C) groups is 2. The summed E-state index contributed by atoms with van der Waals surface area (Å²) in [7, 11) is 3.23. The summed E-state index contributed by atoms with van der Waals surface area (Å²) in [5.41, 5.74) is 1.69. The second-order valence-corrected chi connectivity index (χ2v) is 4.96. The van der Waals surface area contributed by atoms with E-state index in [2.05, 4.69) is 25.2 Å². The molecule has 0 aliphatic carbocycles. The number of ether oxygens (including phenoxy) is 2. The molecular formula is C18H17N5O2. The molecule has 126 valence electrons. The Bertz CT molecular complexity index is 830. The van der Waals surface area contributed by atoms with Crippen LogP contribution in [0.3, 0.4) is 0 Å². The Balaban J connectivity index is 1.74. The lowest BCUT2D eigenvalue weighted by molar-refractivity contribution is 0.414. The van der Waals surface area contributed by atoms with E-state index in [0.717, 1.165) is 22.6 Å². The Morgan fingerprint density at radius 2 is 1.40 bits per heavy atom. The van der Waals surface area contributed by atoms with Crippen molar-refractivity contribution in [2.45, 2.75) is 0 Å². The van der Waals surface area contributed by atoms with Gasteiger partial charge in [-0.05, 0) is 24.3 Å². The molecule has 0 amide bonds. The third-order valence-electron chi connectivity index (χ3n) is 3.38. The maximum absolute atomic E-state index is 5.28. The van der Waals surface area contributed by atoms with E-state index in [1.807, 2.05) is 48.5 Å². The average molecular weight is 335 g/mol. The lowest BCUT2D eigenvalue weighted by atomic mass is 10.2. The van der Waals surface area contributed by atoms with Crippen molar-refractivity contribution in [1.82, 2.24) is 15.2 Å². The highest BCUT2D eigenvalue weighted by Gasteiger charge is 2.02. The lowest BCUT2D eigenvalue weighted by Gasteiger charge is -2.02. The molecule has 25 heavy (non-hydrogen) atoms. The van der Waals surface area contributed by atoms with Gasteiger partial charge in [-0.3, -0.25) is 0 Å². The van der Waals surface area contributed by atoms with Crippen LogP contribution in [-0.4, -0.2) is 41.8 Å². The van der Waals surface area contributed by atoms with Crippen LogP contribution < -0.4 is 9.47 Å². The van der Waals surface area contributed by atoms with Crippen LogP contribution >= 0.6 is 0 Å². The van der Waals surface area contributed by atoms with Crippen LogP contribution in [0.5, 0.6) is 11.5 Å². The number of rotatable bonds is 6. The zero-order chi connectivity index (χ0) is 17.5. The molecule has 0 unspecified atom stereocenters. The summed E-state index contributed by atoms with van der Waals surface area (Å²) >= 11 is 0. The van der Waals surface area contributed by atoms with E-state index in [0.29, 0.717) is 5.95 Å². The Hall–Kier alpha value is -3.48. The van der Waals surface area contributed by atoms with Gasteiger partial charge in [0, 0.05) is 23.6 Å². The van der Waals surface area contributed by atoms with Gasteiger partial charge in [0.1, 0.15) is 11.5 Å². The standard InChI is InChI=1S/C18H17N5O2/c1-24-15-9-5-3-7-13(15)11-19-17-21-18(23-22-17)20-12-14-8-4-6-10-16(14)25-2/h3-12H,1-2H3,(H,21,22,23)/b19-11+,20-12+. The first-order valence-corrected chi connectivity index (χ1v) is 7.56. The van der Waals surface area contributed by atoms with Crippen LogP contribution in [0.25, 0.3) is 0 Å². The maximum Gasteiger partial charge on any atom is 0.269 e. The first kappa shape index (κ1) is 16.4. The minimum Gasteiger partial charge on any atom is -0.496 e. The molecule has 1 aromatic heterocycles. The van der Waals surface area contributed by atoms with E-state index in [-0.39, 0.29) is 5.95 Å². The number of benzene rings is 2. The highest BCUT2D eigenvalue weighted by atomic mass is 16.5. The molecule has 1 heterocycles. The van der Waals surface area contributed by atoms with Crippen molar-refractivity contribution in [3.63, 3.8) is 0 Å². The molecule has 0 saturated carbocycles. The number of aromatic amines is 1. The fourth-order valence-electron chi connectivity index (χ4n) is 2.16. The molecule has 1 N–H and O–H groups in total. The summed E-state index contributed by atoms with van der Waals surface area (Å²) in [6, 6.07) is 15.1. The molecule has 0 spiro atoms. The molecule has 0 radical (unpaired) electrons. The van der Waals surface area contributed by atoms with Crippen molar-refractivity contribution in [1.29, 1.82) is 0 Å². The Labute approximate surface area is 145 Å². The van der Waals surface area contributed by atoms with E-state index in [1.165, 1.54) is 0 Å². The molecule has 0 aliphatic heterocycles. The molecule has 0 fully saturated rings. The first-order chi connectivity index (χ1) is 12.3. The number of H-pyrrole nitrogens is 1. The third-order valence-corrected chi connectivity index (χ3v) is 3.38. The van der Waals surface area contributed by atoms with Gasteiger partial charge in [0.15, 0.2) is 0 Å². The molecule has 0 atom stereocenters. The second kappa shape index (κ2) is 7.87. The van der Waals surface area contributed by atoms with Crippen LogP contribution in [0, 0.1) is 0 Å². The van der Waals surface area contributed by atoms with E-state index in [4.69, 9.17) is 9.47 Å². The Morgan fingerprint density at radius 1 is 0.840 bits per heavy atom. The summed E-state index contributed by atoms with van der Waals surface area (Å²) in [4.78, 5) is 12.7. The van der Waals surface area contributed by atoms with Gasteiger partial charge in [0.05, 0.1) is 14.2 Å². The van der Waals surface area contributed by atoms with Crippen molar-refractivity contribution in [3.8, 4) is 11.5 Å². The van der Waals surface area contributed by atoms with E-state index >= 15 is 0 Å². The van der Waals surface area contributed by atoms with Crippen molar-refractivity contribution >= 4 is 24.3 Å². The average Bonchev–Trinajstić information content (AvgIpc) is 3.13. The monoisotopic (exact) mass is 335 g/mol. The van der Waals surface area contributed by atoms with Crippen LogP contribution in [0.15, 0.2) is 58.5 Å². The van der Waals surface area contributed by atoms with Gasteiger partial charge in [0.2, 0.25) is 5.95 Å². The number of hydrogen-bond donors (Lipinski definition) is 1. The van der Waals surface area contributed by atoms with Crippen molar-refractivity contribution in [2.75, 3.05) is 14.2 Å². The van der Waals surface area contributed by atoms with Gasteiger partial charge in [-0.25, -0.2) is 15.1 Å². The molecule has 0 aliphatic rings. The largest absolute Gasteiger partial charge is 0.496 e. The molecule has 2 aromatic carbocycles. The molecule has 7 heteroatoms. The Kier molecular flexibility index (Phi) is 5.16. The topological polar surface area (TPSA) is 84.8 Å². The number of methoxy groups -OCH3 is 2. The molecule has 0 bridgehead atoms. The SMILES string of the molecule is COc1ccccc1/C=N/c1n[nH]c(/N=C/c2ccccc2OC)n1. The van der Waals surface area contributed by atoms with Crippen LogP contribution in [0.4, 0.5) is 11.9 Å². The van der Waals surface area contributed by atoms with Crippen molar-refractivity contribution in [2.24, 2.45) is 9.98 Å². The fraction of sp³-hybridized carbons (Fsp3) is 0.111. The summed E-state index contributed by atoms with van der Waals surface area (Å²) < 4.78 is 10.5. The number of para-hydroxylation sites is 2. The summed E-state index contributed by atoms with van der Waals surface area (Å²) in [6.45, 7) is 0.